The average molecular weight is 304 g/mol. The van der Waals surface area contributed by atoms with Crippen LogP contribution in [0.4, 0.5) is 5.69 Å². The minimum absolute atomic E-state index is 0.0685. The van der Waals surface area contributed by atoms with E-state index in [0.717, 1.165) is 11.3 Å². The predicted octanol–water partition coefficient (Wildman–Crippen LogP) is 1.39. The van der Waals surface area contributed by atoms with E-state index in [4.69, 9.17) is 5.11 Å². The van der Waals surface area contributed by atoms with Crippen molar-refractivity contribution in [2.45, 2.75) is 19.8 Å². The van der Waals surface area contributed by atoms with E-state index in [1.807, 2.05) is 0 Å². The summed E-state index contributed by atoms with van der Waals surface area (Å²) in [6.07, 6.45) is 1.06. The van der Waals surface area contributed by atoms with Crippen LogP contribution >= 0.6 is 0 Å². The third-order valence-electron chi connectivity index (χ3n) is 3.99. The Labute approximate surface area is 129 Å². The second-order valence-electron chi connectivity index (χ2n) is 5.72. The zero-order valence-corrected chi connectivity index (χ0v) is 13.0. The van der Waals surface area contributed by atoms with Crippen LogP contribution in [0.5, 0.6) is 0 Å². The maximum atomic E-state index is 12.4. The highest BCUT2D eigenvalue weighted by Crippen LogP contribution is 2.27. The van der Waals surface area contributed by atoms with Gasteiger partial charge in [-0.05, 0) is 30.2 Å². The molecule has 0 aliphatic carbocycles. The SMILES string of the molecule is CC(CN(C)C(=O)c1ccc2c(c1)CCC(=O)N2C)C(=O)O. The van der Waals surface area contributed by atoms with E-state index < -0.39 is 11.9 Å². The second-order valence-corrected chi connectivity index (χ2v) is 5.72. The number of nitrogens with zero attached hydrogens (tertiary/aromatic N) is 2. The van der Waals surface area contributed by atoms with E-state index in [9.17, 15) is 14.4 Å². The summed E-state index contributed by atoms with van der Waals surface area (Å²) in [7, 11) is 3.32. The van der Waals surface area contributed by atoms with Gasteiger partial charge >= 0.3 is 5.97 Å². The number of anilines is 1. The van der Waals surface area contributed by atoms with E-state index in [2.05, 4.69) is 0 Å². The molecule has 1 aromatic rings. The van der Waals surface area contributed by atoms with Crippen molar-refractivity contribution in [2.24, 2.45) is 5.92 Å². The molecule has 6 nitrogen and oxygen atoms in total. The minimum atomic E-state index is -0.926. The van der Waals surface area contributed by atoms with Crippen LogP contribution < -0.4 is 4.90 Å². The zero-order valence-electron chi connectivity index (χ0n) is 13.0. The Hall–Kier alpha value is -2.37. The number of amides is 2. The fourth-order valence-electron chi connectivity index (χ4n) is 2.58. The lowest BCUT2D eigenvalue weighted by molar-refractivity contribution is -0.141. The van der Waals surface area contributed by atoms with E-state index in [1.165, 1.54) is 4.90 Å². The maximum Gasteiger partial charge on any atom is 0.308 e. The Morgan fingerprint density at radius 3 is 2.68 bits per heavy atom. The summed E-state index contributed by atoms with van der Waals surface area (Å²) < 4.78 is 0. The van der Waals surface area contributed by atoms with Crippen LogP contribution in [0.3, 0.4) is 0 Å². The molecule has 0 bridgehead atoms. The molecule has 1 aliphatic heterocycles. The van der Waals surface area contributed by atoms with Gasteiger partial charge < -0.3 is 14.9 Å². The number of carbonyl (C=O) groups is 3. The van der Waals surface area contributed by atoms with Crippen molar-refractivity contribution in [1.29, 1.82) is 0 Å². The molecule has 1 heterocycles. The number of hydrogen-bond acceptors (Lipinski definition) is 3. The quantitative estimate of drug-likeness (QED) is 0.912. The van der Waals surface area contributed by atoms with Gasteiger partial charge in [-0.1, -0.05) is 6.92 Å². The highest BCUT2D eigenvalue weighted by Gasteiger charge is 2.23. The van der Waals surface area contributed by atoms with E-state index in [1.54, 1.807) is 44.1 Å². The summed E-state index contributed by atoms with van der Waals surface area (Å²) in [5, 5.41) is 8.92. The highest BCUT2D eigenvalue weighted by molar-refractivity contribution is 5.99. The summed E-state index contributed by atoms with van der Waals surface area (Å²) in [4.78, 5) is 37.9. The van der Waals surface area contributed by atoms with Crippen LogP contribution in [0.2, 0.25) is 0 Å². The number of aryl methyl sites for hydroxylation is 1. The molecule has 1 N–H and O–H groups in total. The number of carboxylic acid groups (broad SMARTS) is 1. The smallest absolute Gasteiger partial charge is 0.308 e. The lowest BCUT2D eigenvalue weighted by Crippen LogP contribution is -2.34. The van der Waals surface area contributed by atoms with Crippen LogP contribution in [0.15, 0.2) is 18.2 Å². The summed E-state index contributed by atoms with van der Waals surface area (Å²) in [5.41, 5.74) is 2.31. The Bertz CT molecular complexity index is 627. The summed E-state index contributed by atoms with van der Waals surface area (Å²) in [5.74, 6) is -1.69. The second kappa shape index (κ2) is 6.17. The molecule has 0 fully saturated rings. The zero-order chi connectivity index (χ0) is 16.4. The number of rotatable bonds is 4. The first-order valence-electron chi connectivity index (χ1n) is 7.19. The molecule has 118 valence electrons. The fraction of sp³-hybridized carbons (Fsp3) is 0.438. The molecule has 0 spiro atoms. The molecule has 0 saturated heterocycles. The van der Waals surface area contributed by atoms with Crippen molar-refractivity contribution >= 4 is 23.5 Å². The highest BCUT2D eigenvalue weighted by atomic mass is 16.4. The lowest BCUT2D eigenvalue weighted by Gasteiger charge is -2.26. The van der Waals surface area contributed by atoms with E-state index >= 15 is 0 Å². The van der Waals surface area contributed by atoms with Gasteiger partial charge in [0.25, 0.3) is 5.91 Å². The first-order valence-corrected chi connectivity index (χ1v) is 7.19. The molecule has 6 heteroatoms. The van der Waals surface area contributed by atoms with Crippen molar-refractivity contribution in [3.05, 3.63) is 29.3 Å². The molecule has 1 unspecified atom stereocenters. The molecule has 2 amide bonds. The Morgan fingerprint density at radius 1 is 1.36 bits per heavy atom. The van der Waals surface area contributed by atoms with Crippen LogP contribution in [0, 0.1) is 5.92 Å². The third kappa shape index (κ3) is 3.10. The van der Waals surface area contributed by atoms with Crippen LogP contribution in [0.1, 0.15) is 29.3 Å². The van der Waals surface area contributed by atoms with Gasteiger partial charge in [0.05, 0.1) is 5.92 Å². The molecule has 22 heavy (non-hydrogen) atoms. The van der Waals surface area contributed by atoms with E-state index in [-0.39, 0.29) is 18.4 Å². The normalized spacial score (nSPS) is 15.2. The van der Waals surface area contributed by atoms with Gasteiger partial charge in [0.2, 0.25) is 5.91 Å². The number of benzene rings is 1. The average Bonchev–Trinajstić information content (AvgIpc) is 2.49. The molecule has 1 aliphatic rings. The first kappa shape index (κ1) is 16.0. The first-order chi connectivity index (χ1) is 10.3. The molecule has 0 saturated carbocycles. The van der Waals surface area contributed by atoms with Crippen molar-refractivity contribution in [3.63, 3.8) is 0 Å². The third-order valence-corrected chi connectivity index (χ3v) is 3.99. The Morgan fingerprint density at radius 2 is 2.05 bits per heavy atom. The molecule has 0 aromatic heterocycles. The summed E-state index contributed by atoms with van der Waals surface area (Å²) in [6, 6.07) is 5.24. The maximum absolute atomic E-state index is 12.4. The van der Waals surface area contributed by atoms with Crippen LogP contribution in [0.25, 0.3) is 0 Å². The molecular weight excluding hydrogens is 284 g/mol. The number of carbonyl (C=O) groups excluding carboxylic acids is 2. The van der Waals surface area contributed by atoms with Crippen LogP contribution in [-0.2, 0) is 16.0 Å². The van der Waals surface area contributed by atoms with Crippen molar-refractivity contribution in [1.82, 2.24) is 4.90 Å². The lowest BCUT2D eigenvalue weighted by atomic mass is 9.98. The van der Waals surface area contributed by atoms with Gasteiger partial charge in [0.1, 0.15) is 0 Å². The topological polar surface area (TPSA) is 77.9 Å². The van der Waals surface area contributed by atoms with E-state index in [0.29, 0.717) is 18.4 Å². The Balaban J connectivity index is 2.18. The van der Waals surface area contributed by atoms with Gasteiger partial charge in [-0.3, -0.25) is 14.4 Å². The molecule has 1 atom stereocenters. The van der Waals surface area contributed by atoms with Gasteiger partial charge in [-0.2, -0.15) is 0 Å². The monoisotopic (exact) mass is 304 g/mol. The van der Waals surface area contributed by atoms with Crippen molar-refractivity contribution in [3.8, 4) is 0 Å². The number of carboxylic acids is 1. The summed E-state index contributed by atoms with van der Waals surface area (Å²) in [6.45, 7) is 1.73. The van der Waals surface area contributed by atoms with Gasteiger partial charge in [0, 0.05) is 38.3 Å². The van der Waals surface area contributed by atoms with Crippen LogP contribution in [-0.4, -0.2) is 48.4 Å². The van der Waals surface area contributed by atoms with Crippen molar-refractivity contribution < 1.29 is 19.5 Å². The standard InChI is InChI=1S/C16H20N2O4/c1-10(16(21)22)9-17(2)15(20)12-4-6-13-11(8-12)5-7-14(19)18(13)3/h4,6,8,10H,5,7,9H2,1-3H3,(H,21,22). The largest absolute Gasteiger partial charge is 0.481 e. The predicted molar refractivity (Wildman–Crippen MR) is 81.9 cm³/mol. The fourth-order valence-corrected chi connectivity index (χ4v) is 2.58. The molecular formula is C16H20N2O4. The van der Waals surface area contributed by atoms with Crippen molar-refractivity contribution in [2.75, 3.05) is 25.5 Å². The Kier molecular flexibility index (Phi) is 4.49. The summed E-state index contributed by atoms with van der Waals surface area (Å²) >= 11 is 0. The number of fused-ring (bicyclic) bond motifs is 1. The number of hydrogen-bond donors (Lipinski definition) is 1. The number of aliphatic carboxylic acids is 1. The van der Waals surface area contributed by atoms with Gasteiger partial charge in [-0.15, -0.1) is 0 Å². The molecule has 1 aromatic carbocycles. The molecule has 0 radical (unpaired) electrons. The molecule has 2 rings (SSSR count). The van der Waals surface area contributed by atoms with Gasteiger partial charge in [-0.25, -0.2) is 0 Å². The van der Waals surface area contributed by atoms with Gasteiger partial charge in [0.15, 0.2) is 0 Å². The minimum Gasteiger partial charge on any atom is -0.481 e.